The molecule has 0 fully saturated rings. The quantitative estimate of drug-likeness (QED) is 0.766. The van der Waals surface area contributed by atoms with Crippen LogP contribution in [0.5, 0.6) is 0 Å². The van der Waals surface area contributed by atoms with E-state index in [0.29, 0.717) is 19.1 Å². The number of thiazole rings is 1. The van der Waals surface area contributed by atoms with E-state index in [1.807, 2.05) is 24.3 Å². The van der Waals surface area contributed by atoms with Gasteiger partial charge >= 0.3 is 0 Å². The predicted molar refractivity (Wildman–Crippen MR) is 103 cm³/mol. The van der Waals surface area contributed by atoms with Crippen LogP contribution in [0.25, 0.3) is 10.2 Å². The van der Waals surface area contributed by atoms with Crippen molar-refractivity contribution in [2.24, 2.45) is 0 Å². The largest absolute Gasteiger partial charge is 0.359 e. The number of rotatable bonds is 5. The third-order valence-electron chi connectivity index (χ3n) is 4.66. The highest BCUT2D eigenvalue weighted by Crippen LogP contribution is 2.31. The van der Waals surface area contributed by atoms with E-state index in [9.17, 15) is 4.79 Å². The highest BCUT2D eigenvalue weighted by atomic mass is 32.1. The van der Waals surface area contributed by atoms with Crippen LogP contribution in [0.4, 0.5) is 5.69 Å². The summed E-state index contributed by atoms with van der Waals surface area (Å²) in [5.41, 5.74) is 3.56. The molecule has 1 N–H and O–H groups in total. The molecule has 25 heavy (non-hydrogen) atoms. The van der Waals surface area contributed by atoms with Gasteiger partial charge in [0.25, 0.3) is 0 Å². The normalized spacial score (nSPS) is 16.2. The molecule has 3 aromatic rings. The third-order valence-corrected chi connectivity index (χ3v) is 5.76. The van der Waals surface area contributed by atoms with Crippen molar-refractivity contribution in [2.75, 3.05) is 18.0 Å². The number of anilines is 1. The molecule has 2 heterocycles. The second-order valence-corrected chi connectivity index (χ2v) is 7.60. The first-order chi connectivity index (χ1) is 12.2. The highest BCUT2D eigenvalue weighted by Gasteiger charge is 2.26. The van der Waals surface area contributed by atoms with E-state index in [-0.39, 0.29) is 5.91 Å². The molecule has 4 rings (SSSR count). The van der Waals surface area contributed by atoms with Gasteiger partial charge in [-0.05, 0) is 37.1 Å². The molecule has 0 bridgehead atoms. The number of benzene rings is 2. The van der Waals surface area contributed by atoms with Crippen molar-refractivity contribution >= 4 is 33.1 Å². The maximum Gasteiger partial charge on any atom is 0.239 e. The summed E-state index contributed by atoms with van der Waals surface area (Å²) in [6.07, 6.45) is 1.78. The topological polar surface area (TPSA) is 45.2 Å². The summed E-state index contributed by atoms with van der Waals surface area (Å²) in [4.78, 5) is 19.2. The highest BCUT2D eigenvalue weighted by molar-refractivity contribution is 7.18. The summed E-state index contributed by atoms with van der Waals surface area (Å²) in [5.74, 6) is 0.0738. The van der Waals surface area contributed by atoms with Gasteiger partial charge in [-0.2, -0.15) is 0 Å². The fourth-order valence-electron chi connectivity index (χ4n) is 3.42. The van der Waals surface area contributed by atoms with Crippen molar-refractivity contribution < 1.29 is 4.79 Å². The van der Waals surface area contributed by atoms with Crippen molar-refractivity contribution in [3.63, 3.8) is 0 Å². The predicted octanol–water partition coefficient (Wildman–Crippen LogP) is 3.41. The molecule has 128 valence electrons. The zero-order chi connectivity index (χ0) is 17.2. The van der Waals surface area contributed by atoms with Gasteiger partial charge in [0.15, 0.2) is 0 Å². The van der Waals surface area contributed by atoms with Crippen LogP contribution in [0.3, 0.4) is 0 Å². The maximum atomic E-state index is 12.3. The van der Waals surface area contributed by atoms with Crippen LogP contribution in [0, 0.1) is 0 Å². The third kappa shape index (κ3) is 3.37. The van der Waals surface area contributed by atoms with Crippen molar-refractivity contribution in [3.8, 4) is 0 Å². The Hall–Kier alpha value is -2.40. The lowest BCUT2D eigenvalue weighted by atomic mass is 10.1. The number of amides is 1. The molecule has 0 aliphatic carbocycles. The number of aromatic nitrogens is 1. The SMILES string of the molecule is C[C@@H]1Cc2ccccc2N1CC(=O)NCCc1nc2ccccc2s1. The summed E-state index contributed by atoms with van der Waals surface area (Å²) in [7, 11) is 0. The second kappa shape index (κ2) is 6.84. The van der Waals surface area contributed by atoms with Crippen LogP contribution in [0.1, 0.15) is 17.5 Å². The molecule has 2 aromatic carbocycles. The monoisotopic (exact) mass is 351 g/mol. The fourth-order valence-corrected chi connectivity index (χ4v) is 4.38. The number of carbonyl (C=O) groups is 1. The zero-order valence-corrected chi connectivity index (χ0v) is 15.1. The van der Waals surface area contributed by atoms with Gasteiger partial charge in [0.05, 0.1) is 21.8 Å². The maximum absolute atomic E-state index is 12.3. The van der Waals surface area contributed by atoms with E-state index in [2.05, 4.69) is 46.4 Å². The van der Waals surface area contributed by atoms with Gasteiger partial charge in [-0.15, -0.1) is 11.3 Å². The molecular formula is C20H21N3OS. The summed E-state index contributed by atoms with van der Waals surface area (Å²) in [6, 6.07) is 16.9. The average Bonchev–Trinajstić information content (AvgIpc) is 3.16. The van der Waals surface area contributed by atoms with E-state index in [1.54, 1.807) is 11.3 Å². The minimum absolute atomic E-state index is 0.0738. The van der Waals surface area contributed by atoms with Gasteiger partial charge in [0.1, 0.15) is 0 Å². The summed E-state index contributed by atoms with van der Waals surface area (Å²) in [6.45, 7) is 3.22. The van der Waals surface area contributed by atoms with Gasteiger partial charge in [0.2, 0.25) is 5.91 Å². The molecule has 1 atom stereocenters. The van der Waals surface area contributed by atoms with Crippen molar-refractivity contribution in [1.82, 2.24) is 10.3 Å². The Balaban J connectivity index is 1.32. The Bertz CT molecular complexity index is 872. The smallest absolute Gasteiger partial charge is 0.239 e. The van der Waals surface area contributed by atoms with Gasteiger partial charge < -0.3 is 10.2 Å². The Kier molecular flexibility index (Phi) is 4.40. The molecule has 0 unspecified atom stereocenters. The van der Waals surface area contributed by atoms with Gasteiger partial charge in [-0.3, -0.25) is 4.79 Å². The van der Waals surface area contributed by atoms with E-state index >= 15 is 0 Å². The Labute approximate surface area is 151 Å². The summed E-state index contributed by atoms with van der Waals surface area (Å²) in [5, 5.41) is 4.11. The Morgan fingerprint density at radius 2 is 2.04 bits per heavy atom. The molecule has 0 saturated carbocycles. The molecule has 0 radical (unpaired) electrons. The zero-order valence-electron chi connectivity index (χ0n) is 14.2. The van der Waals surface area contributed by atoms with Gasteiger partial charge in [-0.25, -0.2) is 4.98 Å². The molecule has 1 amide bonds. The fraction of sp³-hybridized carbons (Fsp3) is 0.300. The lowest BCUT2D eigenvalue weighted by Gasteiger charge is -2.24. The first kappa shape index (κ1) is 16.1. The molecule has 5 heteroatoms. The van der Waals surface area contributed by atoms with Crippen LogP contribution in [-0.4, -0.2) is 30.0 Å². The van der Waals surface area contributed by atoms with Gasteiger partial charge in [0, 0.05) is 24.7 Å². The lowest BCUT2D eigenvalue weighted by molar-refractivity contribution is -0.119. The minimum Gasteiger partial charge on any atom is -0.359 e. The minimum atomic E-state index is 0.0738. The number of nitrogens with one attached hydrogen (secondary N) is 1. The summed E-state index contributed by atoms with van der Waals surface area (Å²) < 4.78 is 1.20. The molecular weight excluding hydrogens is 330 g/mol. The molecule has 0 saturated heterocycles. The van der Waals surface area contributed by atoms with E-state index in [1.165, 1.54) is 16.0 Å². The Morgan fingerprint density at radius 1 is 1.24 bits per heavy atom. The lowest BCUT2D eigenvalue weighted by Crippen LogP contribution is -2.40. The summed E-state index contributed by atoms with van der Waals surface area (Å²) >= 11 is 1.70. The van der Waals surface area contributed by atoms with Crippen LogP contribution in [0.15, 0.2) is 48.5 Å². The number of fused-ring (bicyclic) bond motifs is 2. The second-order valence-electron chi connectivity index (χ2n) is 6.49. The standard InChI is InChI=1S/C20H21N3OS/c1-14-12-15-6-2-4-8-17(15)23(14)13-19(24)21-11-10-20-22-16-7-3-5-9-18(16)25-20/h2-9,14H,10-13H2,1H3,(H,21,24)/t14-/m1/s1. The van der Waals surface area contributed by atoms with E-state index < -0.39 is 0 Å². The number of carbonyl (C=O) groups excluding carboxylic acids is 1. The first-order valence-corrected chi connectivity index (χ1v) is 9.48. The van der Waals surface area contributed by atoms with Gasteiger partial charge in [-0.1, -0.05) is 30.3 Å². The van der Waals surface area contributed by atoms with Crippen LogP contribution < -0.4 is 10.2 Å². The Morgan fingerprint density at radius 3 is 2.92 bits per heavy atom. The number of nitrogens with zero attached hydrogens (tertiary/aromatic N) is 2. The molecule has 0 spiro atoms. The number of hydrogen-bond donors (Lipinski definition) is 1. The number of para-hydroxylation sites is 2. The van der Waals surface area contributed by atoms with E-state index in [4.69, 9.17) is 0 Å². The van der Waals surface area contributed by atoms with Crippen LogP contribution in [0.2, 0.25) is 0 Å². The molecule has 1 aliphatic heterocycles. The van der Waals surface area contributed by atoms with Crippen molar-refractivity contribution in [1.29, 1.82) is 0 Å². The molecule has 1 aliphatic rings. The van der Waals surface area contributed by atoms with Crippen molar-refractivity contribution in [3.05, 3.63) is 59.1 Å². The van der Waals surface area contributed by atoms with Crippen LogP contribution >= 0.6 is 11.3 Å². The van der Waals surface area contributed by atoms with E-state index in [0.717, 1.165) is 23.4 Å². The molecule has 1 aromatic heterocycles. The first-order valence-electron chi connectivity index (χ1n) is 8.66. The average molecular weight is 351 g/mol. The number of hydrogen-bond acceptors (Lipinski definition) is 4. The van der Waals surface area contributed by atoms with Crippen LogP contribution in [-0.2, 0) is 17.6 Å². The van der Waals surface area contributed by atoms with Crippen molar-refractivity contribution in [2.45, 2.75) is 25.8 Å². The molecule has 4 nitrogen and oxygen atoms in total.